The normalized spacial score (nSPS) is 11.1. The molecule has 16 heavy (non-hydrogen) atoms. The van der Waals surface area contributed by atoms with Crippen molar-refractivity contribution in [3.63, 3.8) is 0 Å². The van der Waals surface area contributed by atoms with Crippen molar-refractivity contribution in [3.05, 3.63) is 34.1 Å². The summed E-state index contributed by atoms with van der Waals surface area (Å²) in [6, 6.07) is 4.88. The molecule has 1 aromatic rings. The van der Waals surface area contributed by atoms with Crippen molar-refractivity contribution < 1.29 is 4.39 Å². The molecule has 0 atom stereocenters. The van der Waals surface area contributed by atoms with Crippen molar-refractivity contribution in [1.82, 2.24) is 4.90 Å². The van der Waals surface area contributed by atoms with Gasteiger partial charge >= 0.3 is 0 Å². The fourth-order valence-corrected chi connectivity index (χ4v) is 2.25. The second-order valence-corrected chi connectivity index (χ2v) is 5.29. The molecule has 0 aliphatic heterocycles. The molecule has 0 aliphatic rings. The molecule has 1 rings (SSSR count). The Morgan fingerprint density at radius 1 is 1.38 bits per heavy atom. The lowest BCUT2D eigenvalue weighted by Gasteiger charge is -2.20. The highest BCUT2D eigenvalue weighted by Gasteiger charge is 2.06. The second kappa shape index (κ2) is 7.41. The van der Waals surface area contributed by atoms with E-state index in [0.29, 0.717) is 0 Å². The molecule has 1 aromatic carbocycles. The summed E-state index contributed by atoms with van der Waals surface area (Å²) in [5.41, 5.74) is 1.14. The SMILES string of the molecule is CCN(CCCBr)Cc1ccc(F)cc1Br. The first-order valence-corrected chi connectivity index (χ1v) is 7.31. The van der Waals surface area contributed by atoms with E-state index in [2.05, 4.69) is 43.7 Å². The van der Waals surface area contributed by atoms with Crippen LogP contribution in [0.5, 0.6) is 0 Å². The van der Waals surface area contributed by atoms with Gasteiger partial charge in [0.25, 0.3) is 0 Å². The van der Waals surface area contributed by atoms with Crippen molar-refractivity contribution in [2.45, 2.75) is 19.9 Å². The Labute approximate surface area is 113 Å². The first kappa shape index (κ1) is 14.1. The number of halogens is 3. The second-order valence-electron chi connectivity index (χ2n) is 3.65. The highest BCUT2D eigenvalue weighted by Crippen LogP contribution is 2.19. The van der Waals surface area contributed by atoms with Crippen LogP contribution >= 0.6 is 31.9 Å². The fraction of sp³-hybridized carbons (Fsp3) is 0.500. The van der Waals surface area contributed by atoms with Gasteiger partial charge in [-0.3, -0.25) is 4.90 Å². The van der Waals surface area contributed by atoms with E-state index in [1.54, 1.807) is 0 Å². The van der Waals surface area contributed by atoms with Gasteiger partial charge in [-0.25, -0.2) is 4.39 Å². The quantitative estimate of drug-likeness (QED) is 0.693. The van der Waals surface area contributed by atoms with Crippen LogP contribution in [0.3, 0.4) is 0 Å². The summed E-state index contributed by atoms with van der Waals surface area (Å²) in [5, 5.41) is 1.02. The number of nitrogens with zero attached hydrogens (tertiary/aromatic N) is 1. The van der Waals surface area contributed by atoms with E-state index in [1.165, 1.54) is 12.1 Å². The summed E-state index contributed by atoms with van der Waals surface area (Å²) in [6.07, 6.45) is 1.13. The van der Waals surface area contributed by atoms with Crippen LogP contribution in [0.15, 0.2) is 22.7 Å². The van der Waals surface area contributed by atoms with Gasteiger partial charge in [-0.15, -0.1) is 0 Å². The van der Waals surface area contributed by atoms with Crippen molar-refractivity contribution in [2.24, 2.45) is 0 Å². The van der Waals surface area contributed by atoms with Crippen LogP contribution in [-0.4, -0.2) is 23.3 Å². The van der Waals surface area contributed by atoms with Gasteiger partial charge in [0.2, 0.25) is 0 Å². The van der Waals surface area contributed by atoms with E-state index in [4.69, 9.17) is 0 Å². The van der Waals surface area contributed by atoms with Crippen molar-refractivity contribution in [1.29, 1.82) is 0 Å². The van der Waals surface area contributed by atoms with Crippen LogP contribution in [0.1, 0.15) is 18.9 Å². The maximum Gasteiger partial charge on any atom is 0.124 e. The van der Waals surface area contributed by atoms with Crippen molar-refractivity contribution in [2.75, 3.05) is 18.4 Å². The zero-order valence-electron chi connectivity index (χ0n) is 9.35. The van der Waals surface area contributed by atoms with E-state index in [1.807, 2.05) is 6.07 Å². The Morgan fingerprint density at radius 3 is 2.69 bits per heavy atom. The molecule has 1 nitrogen and oxygen atoms in total. The molecule has 0 unspecified atom stereocenters. The Kier molecular flexibility index (Phi) is 6.54. The van der Waals surface area contributed by atoms with Gasteiger partial charge in [-0.2, -0.15) is 0 Å². The van der Waals surface area contributed by atoms with Crippen LogP contribution in [-0.2, 0) is 6.54 Å². The van der Waals surface area contributed by atoms with Crippen LogP contribution in [0.25, 0.3) is 0 Å². The lowest BCUT2D eigenvalue weighted by atomic mass is 10.2. The van der Waals surface area contributed by atoms with Crippen LogP contribution in [0.2, 0.25) is 0 Å². The molecule has 0 fully saturated rings. The minimum Gasteiger partial charge on any atom is -0.299 e. The van der Waals surface area contributed by atoms with Crippen molar-refractivity contribution >= 4 is 31.9 Å². The highest BCUT2D eigenvalue weighted by atomic mass is 79.9. The van der Waals surface area contributed by atoms with Gasteiger partial charge in [0, 0.05) is 16.3 Å². The number of rotatable bonds is 6. The fourth-order valence-electron chi connectivity index (χ4n) is 1.52. The molecule has 0 amide bonds. The molecular weight excluding hydrogens is 337 g/mol. The average molecular weight is 353 g/mol. The standard InChI is InChI=1S/C12H16Br2FN/c1-2-16(7-3-6-13)9-10-4-5-11(15)8-12(10)14/h4-5,8H,2-3,6-7,9H2,1H3. The molecule has 0 aliphatic carbocycles. The smallest absolute Gasteiger partial charge is 0.124 e. The third-order valence-electron chi connectivity index (χ3n) is 2.46. The van der Waals surface area contributed by atoms with Gasteiger partial charge in [0.15, 0.2) is 0 Å². The van der Waals surface area contributed by atoms with E-state index in [-0.39, 0.29) is 5.82 Å². The van der Waals surface area contributed by atoms with Crippen LogP contribution in [0.4, 0.5) is 4.39 Å². The summed E-state index contributed by atoms with van der Waals surface area (Å²) in [7, 11) is 0. The number of benzene rings is 1. The predicted molar refractivity (Wildman–Crippen MR) is 73.5 cm³/mol. The first-order valence-electron chi connectivity index (χ1n) is 5.39. The molecule has 0 spiro atoms. The number of hydrogen-bond acceptors (Lipinski definition) is 1. The maximum absolute atomic E-state index is 12.9. The number of alkyl halides is 1. The summed E-state index contributed by atoms with van der Waals surface area (Å²) >= 11 is 6.83. The van der Waals surface area contributed by atoms with Gasteiger partial charge in [-0.05, 0) is 37.2 Å². The lowest BCUT2D eigenvalue weighted by molar-refractivity contribution is 0.281. The summed E-state index contributed by atoms with van der Waals surface area (Å²) in [5.74, 6) is -0.195. The van der Waals surface area contributed by atoms with E-state index < -0.39 is 0 Å². The molecule has 4 heteroatoms. The predicted octanol–water partition coefficient (Wildman–Crippen LogP) is 4.20. The molecule has 0 aromatic heterocycles. The summed E-state index contributed by atoms with van der Waals surface area (Å²) < 4.78 is 13.8. The first-order chi connectivity index (χ1) is 7.67. The van der Waals surface area contributed by atoms with Crippen LogP contribution in [0, 0.1) is 5.82 Å². The molecular formula is C12H16Br2FN. The third-order valence-corrected chi connectivity index (χ3v) is 3.76. The van der Waals surface area contributed by atoms with E-state index >= 15 is 0 Å². The van der Waals surface area contributed by atoms with Gasteiger partial charge in [0.05, 0.1) is 0 Å². The molecule has 90 valence electrons. The van der Waals surface area contributed by atoms with Crippen LogP contribution < -0.4 is 0 Å². The monoisotopic (exact) mass is 351 g/mol. The number of hydrogen-bond donors (Lipinski definition) is 0. The summed E-state index contributed by atoms with van der Waals surface area (Å²) in [4.78, 5) is 2.35. The summed E-state index contributed by atoms with van der Waals surface area (Å²) in [6.45, 7) is 5.08. The molecule has 0 saturated carbocycles. The van der Waals surface area contributed by atoms with Gasteiger partial charge in [0.1, 0.15) is 5.82 Å². The lowest BCUT2D eigenvalue weighted by Crippen LogP contribution is -2.24. The Bertz CT molecular complexity index is 331. The minimum absolute atomic E-state index is 0.195. The van der Waals surface area contributed by atoms with Crippen molar-refractivity contribution in [3.8, 4) is 0 Å². The minimum atomic E-state index is -0.195. The third kappa shape index (κ3) is 4.52. The Morgan fingerprint density at radius 2 is 2.12 bits per heavy atom. The zero-order valence-corrected chi connectivity index (χ0v) is 12.5. The van der Waals surface area contributed by atoms with Gasteiger partial charge < -0.3 is 0 Å². The van der Waals surface area contributed by atoms with Gasteiger partial charge in [-0.1, -0.05) is 44.8 Å². The highest BCUT2D eigenvalue weighted by molar-refractivity contribution is 9.10. The average Bonchev–Trinajstić information content (AvgIpc) is 2.27. The Hall–Kier alpha value is 0.0700. The Balaban J connectivity index is 2.62. The molecule has 0 N–H and O–H groups in total. The molecule has 0 saturated heterocycles. The van der Waals surface area contributed by atoms with E-state index in [9.17, 15) is 4.39 Å². The van der Waals surface area contributed by atoms with E-state index in [0.717, 1.165) is 41.4 Å². The molecule has 0 bridgehead atoms. The zero-order chi connectivity index (χ0) is 12.0. The molecule has 0 heterocycles. The molecule has 0 radical (unpaired) electrons. The largest absolute Gasteiger partial charge is 0.299 e. The topological polar surface area (TPSA) is 3.24 Å². The maximum atomic E-state index is 12.9.